The van der Waals surface area contributed by atoms with Crippen LogP contribution in [0.1, 0.15) is 6.92 Å². The van der Waals surface area contributed by atoms with Crippen LogP contribution in [0, 0.1) is 0 Å². The third-order valence-corrected chi connectivity index (χ3v) is 1.93. The third-order valence-electron chi connectivity index (χ3n) is 1.61. The molecule has 0 unspecified atom stereocenters. The largest absolute Gasteiger partial charge is 0.397 e. The van der Waals surface area contributed by atoms with Crippen molar-refractivity contribution >= 4 is 23.0 Å². The molecule has 1 rings (SSSR count). The van der Waals surface area contributed by atoms with Crippen LogP contribution in [0.15, 0.2) is 30.4 Å². The lowest BCUT2D eigenvalue weighted by atomic mass is 10.2. The normalized spacial score (nSPS) is 9.69. The lowest BCUT2D eigenvalue weighted by Gasteiger charge is -2.10. The fraction of sp³-hybridized carbons (Fsp3) is 0.200. The lowest BCUT2D eigenvalue weighted by molar-refractivity contribution is 1.22. The monoisotopic (exact) mass is 196 g/mol. The van der Waals surface area contributed by atoms with Crippen molar-refractivity contribution in [2.24, 2.45) is 0 Å². The van der Waals surface area contributed by atoms with Gasteiger partial charge < -0.3 is 11.1 Å². The first-order chi connectivity index (χ1) is 6.11. The van der Waals surface area contributed by atoms with E-state index in [0.29, 0.717) is 17.3 Å². The molecule has 0 aromatic heterocycles. The predicted molar refractivity (Wildman–Crippen MR) is 59.2 cm³/mol. The molecule has 0 fully saturated rings. The van der Waals surface area contributed by atoms with Crippen molar-refractivity contribution in [1.82, 2.24) is 0 Å². The summed E-state index contributed by atoms with van der Waals surface area (Å²) >= 11 is 5.94. The number of nitrogens with two attached hydrogens (primary N) is 1. The highest BCUT2D eigenvalue weighted by atomic mass is 35.5. The Morgan fingerprint density at radius 3 is 2.85 bits per heavy atom. The van der Waals surface area contributed by atoms with E-state index < -0.39 is 0 Å². The van der Waals surface area contributed by atoms with E-state index in [9.17, 15) is 0 Å². The van der Waals surface area contributed by atoms with Crippen molar-refractivity contribution in [3.05, 3.63) is 35.4 Å². The van der Waals surface area contributed by atoms with Gasteiger partial charge in [0.2, 0.25) is 0 Å². The van der Waals surface area contributed by atoms with Crippen LogP contribution in [0.25, 0.3) is 0 Å². The smallest absolute Gasteiger partial charge is 0.0765 e. The number of hydrogen-bond acceptors (Lipinski definition) is 2. The first-order valence-corrected chi connectivity index (χ1v) is 4.41. The molecule has 0 atom stereocenters. The highest BCUT2D eigenvalue weighted by Crippen LogP contribution is 2.27. The summed E-state index contributed by atoms with van der Waals surface area (Å²) in [4.78, 5) is 0. The zero-order chi connectivity index (χ0) is 9.84. The highest BCUT2D eigenvalue weighted by Gasteiger charge is 2.02. The summed E-state index contributed by atoms with van der Waals surface area (Å²) in [5.41, 5.74) is 8.22. The first-order valence-electron chi connectivity index (χ1n) is 4.03. The summed E-state index contributed by atoms with van der Waals surface area (Å²) in [5, 5.41) is 3.76. The summed E-state index contributed by atoms with van der Waals surface area (Å²) in [6.07, 6.45) is 0. The molecule has 2 nitrogen and oxygen atoms in total. The Hall–Kier alpha value is -1.15. The number of para-hydroxylation sites is 1. The SMILES string of the molecule is C=C(C)CNc1c(N)cccc1Cl. The molecular formula is C10H13ClN2. The standard InChI is InChI=1S/C10H13ClN2/c1-7(2)6-13-10-8(11)4-3-5-9(10)12/h3-5,13H,1,6,12H2,2H3. The molecule has 0 saturated heterocycles. The fourth-order valence-corrected chi connectivity index (χ4v) is 1.22. The van der Waals surface area contributed by atoms with Crippen LogP contribution in [0.4, 0.5) is 11.4 Å². The molecule has 0 bridgehead atoms. The van der Waals surface area contributed by atoms with E-state index in [2.05, 4.69) is 11.9 Å². The molecule has 0 saturated carbocycles. The van der Waals surface area contributed by atoms with E-state index in [1.807, 2.05) is 19.1 Å². The maximum atomic E-state index is 5.94. The Kier molecular flexibility index (Phi) is 3.20. The second-order valence-corrected chi connectivity index (χ2v) is 3.42. The minimum Gasteiger partial charge on any atom is -0.397 e. The van der Waals surface area contributed by atoms with Crippen molar-refractivity contribution < 1.29 is 0 Å². The molecule has 0 aliphatic carbocycles. The first kappa shape index (κ1) is 9.93. The zero-order valence-corrected chi connectivity index (χ0v) is 8.36. The topological polar surface area (TPSA) is 38.0 Å². The molecule has 1 aromatic rings. The van der Waals surface area contributed by atoms with Gasteiger partial charge >= 0.3 is 0 Å². The van der Waals surface area contributed by atoms with Crippen LogP contribution >= 0.6 is 11.6 Å². The second-order valence-electron chi connectivity index (χ2n) is 3.01. The Bertz CT molecular complexity index is 300. The fourth-order valence-electron chi connectivity index (χ4n) is 0.967. The van der Waals surface area contributed by atoms with E-state index in [4.69, 9.17) is 17.3 Å². The van der Waals surface area contributed by atoms with E-state index >= 15 is 0 Å². The van der Waals surface area contributed by atoms with Gasteiger partial charge in [-0.2, -0.15) is 0 Å². The second kappa shape index (κ2) is 4.19. The molecular weight excluding hydrogens is 184 g/mol. The Morgan fingerprint density at radius 2 is 2.31 bits per heavy atom. The van der Waals surface area contributed by atoms with Crippen LogP contribution in [-0.2, 0) is 0 Å². The van der Waals surface area contributed by atoms with Crippen molar-refractivity contribution in [2.45, 2.75) is 6.92 Å². The van der Waals surface area contributed by atoms with Gasteiger partial charge in [-0.3, -0.25) is 0 Å². The number of nitrogens with one attached hydrogen (secondary N) is 1. The minimum atomic E-state index is 0.640. The van der Waals surface area contributed by atoms with Gasteiger partial charge in [0, 0.05) is 6.54 Å². The van der Waals surface area contributed by atoms with Gasteiger partial charge in [-0.05, 0) is 19.1 Å². The Labute approximate surface area is 83.4 Å². The average Bonchev–Trinajstić information content (AvgIpc) is 2.03. The van der Waals surface area contributed by atoms with Gasteiger partial charge in [0.25, 0.3) is 0 Å². The summed E-state index contributed by atoms with van der Waals surface area (Å²) in [7, 11) is 0. The Balaban J connectivity index is 2.81. The number of anilines is 2. The van der Waals surface area contributed by atoms with Gasteiger partial charge in [-0.15, -0.1) is 0 Å². The molecule has 1 aromatic carbocycles. The van der Waals surface area contributed by atoms with Crippen LogP contribution in [0.2, 0.25) is 5.02 Å². The van der Waals surface area contributed by atoms with E-state index in [1.54, 1.807) is 6.07 Å². The van der Waals surface area contributed by atoms with Crippen molar-refractivity contribution in [1.29, 1.82) is 0 Å². The molecule has 0 spiro atoms. The summed E-state index contributed by atoms with van der Waals surface area (Å²) in [5.74, 6) is 0. The van der Waals surface area contributed by atoms with Crippen LogP contribution < -0.4 is 11.1 Å². The molecule has 70 valence electrons. The predicted octanol–water partition coefficient (Wildman–Crippen LogP) is 2.91. The number of hydrogen-bond donors (Lipinski definition) is 2. The van der Waals surface area contributed by atoms with Gasteiger partial charge in [-0.25, -0.2) is 0 Å². The minimum absolute atomic E-state index is 0.640. The number of rotatable bonds is 3. The van der Waals surface area contributed by atoms with Gasteiger partial charge in [0.1, 0.15) is 0 Å². The maximum Gasteiger partial charge on any atom is 0.0765 e. The van der Waals surface area contributed by atoms with Crippen molar-refractivity contribution in [3.8, 4) is 0 Å². The number of halogens is 1. The summed E-state index contributed by atoms with van der Waals surface area (Å²) in [6, 6.07) is 5.44. The van der Waals surface area contributed by atoms with Crippen LogP contribution in [0.5, 0.6) is 0 Å². The van der Waals surface area contributed by atoms with E-state index in [0.717, 1.165) is 11.3 Å². The molecule has 13 heavy (non-hydrogen) atoms. The van der Waals surface area contributed by atoms with Gasteiger partial charge in [0.05, 0.1) is 16.4 Å². The zero-order valence-electron chi connectivity index (χ0n) is 7.60. The van der Waals surface area contributed by atoms with Gasteiger partial charge in [-0.1, -0.05) is 29.8 Å². The number of benzene rings is 1. The molecule has 0 aliphatic rings. The molecule has 3 heteroatoms. The quantitative estimate of drug-likeness (QED) is 0.576. The molecule has 3 N–H and O–H groups in total. The molecule has 0 heterocycles. The van der Waals surface area contributed by atoms with Gasteiger partial charge in [0.15, 0.2) is 0 Å². The molecule has 0 radical (unpaired) electrons. The van der Waals surface area contributed by atoms with Crippen molar-refractivity contribution in [3.63, 3.8) is 0 Å². The van der Waals surface area contributed by atoms with E-state index in [-0.39, 0.29) is 0 Å². The van der Waals surface area contributed by atoms with Crippen molar-refractivity contribution in [2.75, 3.05) is 17.6 Å². The maximum absolute atomic E-state index is 5.94. The highest BCUT2D eigenvalue weighted by molar-refractivity contribution is 6.33. The third kappa shape index (κ3) is 2.67. The lowest BCUT2D eigenvalue weighted by Crippen LogP contribution is -2.04. The van der Waals surface area contributed by atoms with Crippen LogP contribution in [-0.4, -0.2) is 6.54 Å². The molecule has 0 amide bonds. The molecule has 0 aliphatic heterocycles. The van der Waals surface area contributed by atoms with E-state index in [1.165, 1.54) is 0 Å². The summed E-state index contributed by atoms with van der Waals surface area (Å²) in [6.45, 7) is 6.42. The summed E-state index contributed by atoms with van der Waals surface area (Å²) < 4.78 is 0. The Morgan fingerprint density at radius 1 is 1.62 bits per heavy atom. The van der Waals surface area contributed by atoms with Crippen LogP contribution in [0.3, 0.4) is 0 Å². The number of nitrogen functional groups attached to an aromatic ring is 1. The average molecular weight is 197 g/mol.